The van der Waals surface area contributed by atoms with E-state index in [1.54, 1.807) is 11.6 Å². The van der Waals surface area contributed by atoms with Gasteiger partial charge in [-0.1, -0.05) is 29.8 Å². The number of aromatic nitrogens is 1. The Bertz CT molecular complexity index is 915. The Hall–Kier alpha value is -2.98. The second-order valence-corrected chi connectivity index (χ2v) is 7.56. The largest absolute Gasteiger partial charge is 0.481 e. The van der Waals surface area contributed by atoms with E-state index in [9.17, 15) is 20.0 Å². The van der Waals surface area contributed by atoms with Crippen molar-refractivity contribution in [2.75, 3.05) is 13.1 Å². The molecule has 1 fully saturated rings. The summed E-state index contributed by atoms with van der Waals surface area (Å²) in [5, 5.41) is 21.3. The van der Waals surface area contributed by atoms with Crippen molar-refractivity contribution in [3.05, 3.63) is 57.6 Å². The molecule has 0 saturated carbocycles. The van der Waals surface area contributed by atoms with Crippen molar-refractivity contribution in [1.29, 1.82) is 5.26 Å². The zero-order valence-corrected chi connectivity index (χ0v) is 15.6. The van der Waals surface area contributed by atoms with Gasteiger partial charge in [0.2, 0.25) is 0 Å². The molecule has 0 aliphatic carbocycles. The van der Waals surface area contributed by atoms with Crippen LogP contribution in [-0.4, -0.2) is 40.0 Å². The number of carbonyl (C=O) groups is 2. The highest BCUT2D eigenvalue weighted by Gasteiger charge is 2.35. The number of nitriles is 1. The number of amides is 1. The van der Waals surface area contributed by atoms with Crippen LogP contribution in [0.2, 0.25) is 0 Å². The summed E-state index contributed by atoms with van der Waals surface area (Å²) >= 11 is 1.33. The molecule has 2 unspecified atom stereocenters. The lowest BCUT2D eigenvalue weighted by atomic mass is 9.84. The Labute approximate surface area is 161 Å². The fraction of sp³-hybridized carbons (Fsp3) is 0.300. The van der Waals surface area contributed by atoms with E-state index >= 15 is 0 Å². The SMILES string of the molecule is Cc1cccc(C2CC(C(=O)O)CN(C(=O)/C(C#N)=C/c3nccs3)C2)c1. The molecule has 1 saturated heterocycles. The van der Waals surface area contributed by atoms with Gasteiger partial charge in [0.15, 0.2) is 0 Å². The zero-order chi connectivity index (χ0) is 19.4. The molecule has 1 amide bonds. The fourth-order valence-corrected chi connectivity index (χ4v) is 3.92. The first-order valence-electron chi connectivity index (χ1n) is 8.58. The molecule has 0 bridgehead atoms. The Morgan fingerprint density at radius 1 is 1.41 bits per heavy atom. The van der Waals surface area contributed by atoms with Crippen molar-refractivity contribution < 1.29 is 14.7 Å². The Morgan fingerprint density at radius 3 is 2.85 bits per heavy atom. The van der Waals surface area contributed by atoms with Crippen LogP contribution in [0.25, 0.3) is 6.08 Å². The van der Waals surface area contributed by atoms with Gasteiger partial charge in [-0.15, -0.1) is 11.3 Å². The first kappa shape index (κ1) is 18.8. The molecule has 27 heavy (non-hydrogen) atoms. The van der Waals surface area contributed by atoms with Crippen LogP contribution in [0.5, 0.6) is 0 Å². The maximum Gasteiger partial charge on any atom is 0.308 e. The number of hydrogen-bond acceptors (Lipinski definition) is 5. The molecule has 0 radical (unpaired) electrons. The van der Waals surface area contributed by atoms with Crippen LogP contribution in [0.15, 0.2) is 41.4 Å². The minimum atomic E-state index is -0.924. The molecule has 2 atom stereocenters. The van der Waals surface area contributed by atoms with Crippen molar-refractivity contribution in [3.63, 3.8) is 0 Å². The van der Waals surface area contributed by atoms with Gasteiger partial charge in [0.1, 0.15) is 16.6 Å². The van der Waals surface area contributed by atoms with Crippen LogP contribution >= 0.6 is 11.3 Å². The molecule has 1 aromatic heterocycles. The van der Waals surface area contributed by atoms with E-state index < -0.39 is 17.8 Å². The number of likely N-dealkylation sites (tertiary alicyclic amines) is 1. The van der Waals surface area contributed by atoms with Gasteiger partial charge in [-0.05, 0) is 25.0 Å². The van der Waals surface area contributed by atoms with Crippen LogP contribution in [0.1, 0.15) is 28.5 Å². The third-order valence-corrected chi connectivity index (χ3v) is 5.39. The van der Waals surface area contributed by atoms with E-state index in [1.165, 1.54) is 22.3 Å². The van der Waals surface area contributed by atoms with Crippen LogP contribution in [0, 0.1) is 24.2 Å². The average Bonchev–Trinajstić information content (AvgIpc) is 3.18. The summed E-state index contributed by atoms with van der Waals surface area (Å²) in [6.45, 7) is 2.48. The van der Waals surface area contributed by atoms with Crippen molar-refractivity contribution >= 4 is 29.3 Å². The summed E-state index contributed by atoms with van der Waals surface area (Å²) in [5.41, 5.74) is 2.07. The van der Waals surface area contributed by atoms with E-state index in [1.807, 2.05) is 37.3 Å². The number of carboxylic acids is 1. The highest BCUT2D eigenvalue weighted by atomic mass is 32.1. The number of rotatable bonds is 4. The van der Waals surface area contributed by atoms with Crippen LogP contribution in [0.4, 0.5) is 0 Å². The van der Waals surface area contributed by atoms with Gasteiger partial charge in [-0.2, -0.15) is 5.26 Å². The lowest BCUT2D eigenvalue weighted by Gasteiger charge is -2.36. The molecule has 2 heterocycles. The van der Waals surface area contributed by atoms with Crippen LogP contribution in [-0.2, 0) is 9.59 Å². The number of carbonyl (C=O) groups excluding carboxylic acids is 1. The third kappa shape index (κ3) is 4.41. The molecule has 1 aliphatic rings. The summed E-state index contributed by atoms with van der Waals surface area (Å²) in [6, 6.07) is 9.83. The van der Waals surface area contributed by atoms with Gasteiger partial charge >= 0.3 is 5.97 Å². The first-order chi connectivity index (χ1) is 13.0. The quantitative estimate of drug-likeness (QED) is 0.649. The first-order valence-corrected chi connectivity index (χ1v) is 9.46. The summed E-state index contributed by atoms with van der Waals surface area (Å²) in [6.07, 6.45) is 3.53. The van der Waals surface area contributed by atoms with Gasteiger partial charge in [-0.3, -0.25) is 9.59 Å². The maximum absolute atomic E-state index is 12.9. The summed E-state index contributed by atoms with van der Waals surface area (Å²) in [4.78, 5) is 30.1. The predicted octanol–water partition coefficient (Wildman–Crippen LogP) is 3.08. The molecule has 3 rings (SSSR count). The number of thiazole rings is 1. The van der Waals surface area contributed by atoms with Gasteiger partial charge in [0.25, 0.3) is 5.91 Å². The van der Waals surface area contributed by atoms with Crippen molar-refractivity contribution in [2.24, 2.45) is 5.92 Å². The van der Waals surface area contributed by atoms with Crippen molar-refractivity contribution in [3.8, 4) is 6.07 Å². The van der Waals surface area contributed by atoms with Crippen LogP contribution in [0.3, 0.4) is 0 Å². The van der Waals surface area contributed by atoms with Gasteiger partial charge < -0.3 is 10.0 Å². The monoisotopic (exact) mass is 381 g/mol. The van der Waals surface area contributed by atoms with Gasteiger partial charge in [-0.25, -0.2) is 4.98 Å². The molecular formula is C20H19N3O3S. The summed E-state index contributed by atoms with van der Waals surface area (Å²) < 4.78 is 0. The van der Waals surface area contributed by atoms with E-state index in [2.05, 4.69) is 4.98 Å². The summed E-state index contributed by atoms with van der Waals surface area (Å²) in [5.74, 6) is -2.11. The number of benzene rings is 1. The molecule has 138 valence electrons. The number of nitrogens with zero attached hydrogens (tertiary/aromatic N) is 3. The second kappa shape index (κ2) is 8.14. The highest BCUT2D eigenvalue weighted by Crippen LogP contribution is 2.31. The lowest BCUT2D eigenvalue weighted by Crippen LogP contribution is -2.45. The number of carboxylic acid groups (broad SMARTS) is 1. The predicted molar refractivity (Wildman–Crippen MR) is 102 cm³/mol. The molecule has 1 aromatic carbocycles. The minimum Gasteiger partial charge on any atom is -0.481 e. The molecule has 2 aromatic rings. The van der Waals surface area contributed by atoms with E-state index in [4.69, 9.17) is 0 Å². The Kier molecular flexibility index (Phi) is 5.67. The normalized spacial score (nSPS) is 20.1. The Balaban J connectivity index is 1.88. The topological polar surface area (TPSA) is 94.3 Å². The van der Waals surface area contributed by atoms with E-state index in [0.717, 1.165) is 11.1 Å². The number of piperidine rings is 1. The third-order valence-electron chi connectivity index (χ3n) is 4.67. The maximum atomic E-state index is 12.9. The van der Waals surface area contributed by atoms with Crippen molar-refractivity contribution in [2.45, 2.75) is 19.3 Å². The molecular weight excluding hydrogens is 362 g/mol. The standard InChI is InChI=1S/C20H19N3O3S/c1-13-3-2-4-14(7-13)16-8-17(20(25)26)12-23(11-16)19(24)15(10-21)9-18-22-5-6-27-18/h2-7,9,16-17H,8,11-12H2,1H3,(H,25,26)/b15-9+. The smallest absolute Gasteiger partial charge is 0.308 e. The Morgan fingerprint density at radius 2 is 2.22 bits per heavy atom. The lowest BCUT2D eigenvalue weighted by molar-refractivity contribution is -0.145. The van der Waals surface area contributed by atoms with Gasteiger partial charge in [0, 0.05) is 30.6 Å². The number of hydrogen-bond donors (Lipinski definition) is 1. The molecule has 6 nitrogen and oxygen atoms in total. The fourth-order valence-electron chi connectivity index (χ4n) is 3.35. The van der Waals surface area contributed by atoms with E-state index in [-0.39, 0.29) is 18.0 Å². The molecule has 1 N–H and O–H groups in total. The van der Waals surface area contributed by atoms with Crippen molar-refractivity contribution in [1.82, 2.24) is 9.88 Å². The highest BCUT2D eigenvalue weighted by molar-refractivity contribution is 7.10. The number of aliphatic carboxylic acids is 1. The summed E-state index contributed by atoms with van der Waals surface area (Å²) in [7, 11) is 0. The molecule has 0 spiro atoms. The van der Waals surface area contributed by atoms with Gasteiger partial charge in [0.05, 0.1) is 5.92 Å². The minimum absolute atomic E-state index is 0.0287. The molecule has 1 aliphatic heterocycles. The second-order valence-electron chi connectivity index (χ2n) is 6.63. The van der Waals surface area contributed by atoms with E-state index in [0.29, 0.717) is 18.0 Å². The molecule has 7 heteroatoms. The average molecular weight is 381 g/mol. The number of aryl methyl sites for hydroxylation is 1. The van der Waals surface area contributed by atoms with Crippen LogP contribution < -0.4 is 0 Å². The zero-order valence-electron chi connectivity index (χ0n) is 14.8.